The third-order valence-corrected chi connectivity index (χ3v) is 3.05. The molecule has 84 valence electrons. The minimum atomic E-state index is 0.572. The summed E-state index contributed by atoms with van der Waals surface area (Å²) in [5, 5.41) is 0.572. The molecule has 2 rings (SSSR count). The molecular formula is C13H10N2OS. The molecule has 0 radical (unpaired) electrons. The predicted molar refractivity (Wildman–Crippen MR) is 69.6 cm³/mol. The highest BCUT2D eigenvalue weighted by Crippen LogP contribution is 2.28. The number of rotatable bonds is 1. The number of benzene rings is 1. The van der Waals surface area contributed by atoms with Gasteiger partial charge in [0.1, 0.15) is 0 Å². The number of anilines is 1. The van der Waals surface area contributed by atoms with Gasteiger partial charge >= 0.3 is 0 Å². The zero-order valence-electron chi connectivity index (χ0n) is 9.23. The number of aldehydes is 1. The Morgan fingerprint density at radius 3 is 2.59 bits per heavy atom. The standard InChI is InChI=1S/C13H10N2OS/c1-9-12(15-13(14)17-9)11-6-4-10(5-7-11)3-2-8-16/h4-8H,1H3,(H2,14,15). The van der Waals surface area contributed by atoms with Gasteiger partial charge in [0.15, 0.2) is 11.4 Å². The molecule has 0 unspecified atom stereocenters. The highest BCUT2D eigenvalue weighted by atomic mass is 32.1. The quantitative estimate of drug-likeness (QED) is 0.616. The second-order valence-electron chi connectivity index (χ2n) is 3.42. The fraction of sp³-hybridized carbons (Fsp3) is 0.0769. The molecule has 0 aliphatic heterocycles. The van der Waals surface area contributed by atoms with Crippen LogP contribution in [0.1, 0.15) is 10.4 Å². The normalized spacial score (nSPS) is 9.47. The third-order valence-electron chi connectivity index (χ3n) is 2.25. The van der Waals surface area contributed by atoms with E-state index in [2.05, 4.69) is 16.8 Å². The Morgan fingerprint density at radius 2 is 2.06 bits per heavy atom. The Morgan fingerprint density at radius 1 is 1.35 bits per heavy atom. The third kappa shape index (κ3) is 2.52. The molecule has 1 aromatic carbocycles. The first-order valence-electron chi connectivity index (χ1n) is 4.99. The summed E-state index contributed by atoms with van der Waals surface area (Å²) in [4.78, 5) is 15.5. The Labute approximate surface area is 103 Å². The lowest BCUT2D eigenvalue weighted by atomic mass is 10.1. The van der Waals surface area contributed by atoms with Crippen molar-refractivity contribution in [2.45, 2.75) is 6.92 Å². The second kappa shape index (κ2) is 4.81. The van der Waals surface area contributed by atoms with E-state index in [0.717, 1.165) is 21.7 Å². The molecule has 3 nitrogen and oxygen atoms in total. The first-order valence-corrected chi connectivity index (χ1v) is 5.81. The minimum Gasteiger partial charge on any atom is -0.375 e. The number of carbonyl (C=O) groups excluding carboxylic acids is 1. The minimum absolute atomic E-state index is 0.572. The zero-order valence-corrected chi connectivity index (χ0v) is 10.0. The van der Waals surface area contributed by atoms with Crippen molar-refractivity contribution in [3.8, 4) is 23.1 Å². The number of hydrogen-bond donors (Lipinski definition) is 1. The highest BCUT2D eigenvalue weighted by Gasteiger charge is 2.07. The Bertz CT molecular complexity index is 603. The van der Waals surface area contributed by atoms with Crippen LogP contribution < -0.4 is 5.73 Å². The average molecular weight is 242 g/mol. The number of nitrogen functional groups attached to an aromatic ring is 1. The van der Waals surface area contributed by atoms with E-state index in [1.807, 2.05) is 31.2 Å². The smallest absolute Gasteiger partial charge is 0.193 e. The van der Waals surface area contributed by atoms with Gasteiger partial charge in [-0.15, -0.1) is 11.3 Å². The fourth-order valence-corrected chi connectivity index (χ4v) is 2.22. The van der Waals surface area contributed by atoms with Gasteiger partial charge < -0.3 is 5.73 Å². The number of nitrogens with two attached hydrogens (primary N) is 1. The summed E-state index contributed by atoms with van der Waals surface area (Å²) in [6.07, 6.45) is 0.583. The van der Waals surface area contributed by atoms with Gasteiger partial charge in [-0.3, -0.25) is 4.79 Å². The van der Waals surface area contributed by atoms with Gasteiger partial charge in [-0.25, -0.2) is 4.98 Å². The Balaban J connectivity index is 2.35. The molecule has 2 N–H and O–H groups in total. The number of nitrogens with zero attached hydrogens (tertiary/aromatic N) is 1. The molecular weight excluding hydrogens is 232 g/mol. The molecule has 0 amide bonds. The monoisotopic (exact) mass is 242 g/mol. The summed E-state index contributed by atoms with van der Waals surface area (Å²) >= 11 is 1.47. The summed E-state index contributed by atoms with van der Waals surface area (Å²) in [5.41, 5.74) is 8.38. The number of hydrogen-bond acceptors (Lipinski definition) is 4. The van der Waals surface area contributed by atoms with Gasteiger partial charge in [-0.2, -0.15) is 0 Å². The molecule has 4 heteroatoms. The summed E-state index contributed by atoms with van der Waals surface area (Å²) in [6.45, 7) is 1.99. The topological polar surface area (TPSA) is 56.0 Å². The molecule has 0 atom stereocenters. The summed E-state index contributed by atoms with van der Waals surface area (Å²) < 4.78 is 0. The SMILES string of the molecule is Cc1sc(N)nc1-c1ccc(C#CC=O)cc1. The predicted octanol–water partition coefficient (Wildman–Crippen LogP) is 2.25. The van der Waals surface area contributed by atoms with Crippen LogP contribution in [0.2, 0.25) is 0 Å². The summed E-state index contributed by atoms with van der Waals surface area (Å²) in [7, 11) is 0. The van der Waals surface area contributed by atoms with E-state index in [4.69, 9.17) is 5.73 Å². The molecule has 0 aliphatic rings. The maximum atomic E-state index is 10.1. The molecule has 0 aliphatic carbocycles. The summed E-state index contributed by atoms with van der Waals surface area (Å²) in [6, 6.07) is 7.58. The van der Waals surface area contributed by atoms with Crippen LogP contribution in [0.5, 0.6) is 0 Å². The number of thiazole rings is 1. The van der Waals surface area contributed by atoms with Crippen LogP contribution in [0.4, 0.5) is 5.13 Å². The van der Waals surface area contributed by atoms with Crippen molar-refractivity contribution in [2.24, 2.45) is 0 Å². The molecule has 0 spiro atoms. The maximum absolute atomic E-state index is 10.1. The van der Waals surface area contributed by atoms with Crippen LogP contribution in [0.15, 0.2) is 24.3 Å². The lowest BCUT2D eigenvalue weighted by Crippen LogP contribution is -1.84. The van der Waals surface area contributed by atoms with Crippen LogP contribution in [-0.2, 0) is 4.79 Å². The summed E-state index contributed by atoms with van der Waals surface area (Å²) in [5.74, 6) is 5.11. The van der Waals surface area contributed by atoms with Gasteiger partial charge in [0.2, 0.25) is 0 Å². The van der Waals surface area contributed by atoms with Crippen molar-refractivity contribution in [3.05, 3.63) is 34.7 Å². The largest absolute Gasteiger partial charge is 0.375 e. The average Bonchev–Trinajstić information content (AvgIpc) is 2.66. The van der Waals surface area contributed by atoms with E-state index >= 15 is 0 Å². The zero-order chi connectivity index (χ0) is 12.3. The molecule has 1 aromatic heterocycles. The maximum Gasteiger partial charge on any atom is 0.193 e. The van der Waals surface area contributed by atoms with Crippen molar-refractivity contribution >= 4 is 22.8 Å². The van der Waals surface area contributed by atoms with Crippen molar-refractivity contribution < 1.29 is 4.79 Å². The van der Waals surface area contributed by atoms with E-state index in [1.165, 1.54) is 11.3 Å². The van der Waals surface area contributed by atoms with Crippen molar-refractivity contribution in [2.75, 3.05) is 5.73 Å². The molecule has 0 bridgehead atoms. The Kier molecular flexibility index (Phi) is 3.22. The lowest BCUT2D eigenvalue weighted by molar-refractivity contribution is -0.103. The van der Waals surface area contributed by atoms with Crippen LogP contribution in [0.25, 0.3) is 11.3 Å². The van der Waals surface area contributed by atoms with Crippen LogP contribution in [0, 0.1) is 18.8 Å². The van der Waals surface area contributed by atoms with Crippen molar-refractivity contribution in [3.63, 3.8) is 0 Å². The first kappa shape index (κ1) is 11.4. The number of carbonyl (C=O) groups is 1. The van der Waals surface area contributed by atoms with Gasteiger partial charge in [-0.1, -0.05) is 18.1 Å². The van der Waals surface area contributed by atoms with E-state index in [1.54, 1.807) is 0 Å². The molecule has 0 saturated heterocycles. The Hall–Kier alpha value is -2.12. The van der Waals surface area contributed by atoms with E-state index in [-0.39, 0.29) is 0 Å². The molecule has 0 saturated carbocycles. The highest BCUT2D eigenvalue weighted by molar-refractivity contribution is 7.15. The van der Waals surface area contributed by atoms with Gasteiger partial charge in [0.05, 0.1) is 5.69 Å². The van der Waals surface area contributed by atoms with E-state index in [0.29, 0.717) is 11.4 Å². The lowest BCUT2D eigenvalue weighted by Gasteiger charge is -1.98. The first-order chi connectivity index (χ1) is 8.20. The second-order valence-corrected chi connectivity index (χ2v) is 4.66. The number of aryl methyl sites for hydroxylation is 1. The van der Waals surface area contributed by atoms with Crippen LogP contribution in [0.3, 0.4) is 0 Å². The molecule has 17 heavy (non-hydrogen) atoms. The van der Waals surface area contributed by atoms with Gasteiger partial charge in [0, 0.05) is 16.0 Å². The molecule has 1 heterocycles. The van der Waals surface area contributed by atoms with E-state index in [9.17, 15) is 4.79 Å². The van der Waals surface area contributed by atoms with Crippen LogP contribution in [-0.4, -0.2) is 11.3 Å². The van der Waals surface area contributed by atoms with Crippen molar-refractivity contribution in [1.82, 2.24) is 4.98 Å². The van der Waals surface area contributed by atoms with Crippen LogP contribution >= 0.6 is 11.3 Å². The van der Waals surface area contributed by atoms with E-state index < -0.39 is 0 Å². The van der Waals surface area contributed by atoms with Gasteiger partial charge in [-0.05, 0) is 25.0 Å². The van der Waals surface area contributed by atoms with Crippen molar-refractivity contribution in [1.29, 1.82) is 0 Å². The number of aromatic nitrogens is 1. The molecule has 2 aromatic rings. The molecule has 0 fully saturated rings. The van der Waals surface area contributed by atoms with Gasteiger partial charge in [0.25, 0.3) is 0 Å². The fourth-order valence-electron chi connectivity index (χ4n) is 1.51.